The van der Waals surface area contributed by atoms with Gasteiger partial charge in [0.2, 0.25) is 0 Å². The van der Waals surface area contributed by atoms with Gasteiger partial charge in [-0.1, -0.05) is 62.9 Å². The lowest BCUT2D eigenvalue weighted by molar-refractivity contribution is 0.689. The number of benzene rings is 2. The highest BCUT2D eigenvalue weighted by atomic mass is 79.9. The third-order valence-corrected chi connectivity index (χ3v) is 4.50. The monoisotopic (exact) mass is 377 g/mol. The van der Waals surface area contributed by atoms with Crippen LogP contribution in [0.2, 0.25) is 15.1 Å². The van der Waals surface area contributed by atoms with Gasteiger partial charge in [-0.15, -0.1) is 0 Å². The fourth-order valence-corrected chi connectivity index (χ4v) is 3.15. The minimum Gasteiger partial charge on any atom is -0.309 e. The van der Waals surface area contributed by atoms with Gasteiger partial charge >= 0.3 is 0 Å². The Hall–Kier alpha value is -0.250. The number of hydrogen-bond donors (Lipinski definition) is 1. The molecule has 0 bridgehead atoms. The Bertz CT molecular complexity index is 601. The van der Waals surface area contributed by atoms with E-state index in [4.69, 9.17) is 34.8 Å². The number of rotatable bonds is 3. The minimum atomic E-state index is 0.0152. The molecule has 0 fully saturated rings. The molecule has 19 heavy (non-hydrogen) atoms. The van der Waals surface area contributed by atoms with Crippen LogP contribution in [-0.2, 0) is 0 Å². The first-order valence-electron chi connectivity index (χ1n) is 5.60. The molecule has 1 atom stereocenters. The lowest BCUT2D eigenvalue weighted by Crippen LogP contribution is -2.18. The van der Waals surface area contributed by atoms with E-state index in [0.717, 1.165) is 15.6 Å². The summed E-state index contributed by atoms with van der Waals surface area (Å²) < 4.78 is 0.949. The van der Waals surface area contributed by atoms with Crippen molar-refractivity contribution in [2.45, 2.75) is 6.04 Å². The topological polar surface area (TPSA) is 12.0 Å². The van der Waals surface area contributed by atoms with E-state index in [1.54, 1.807) is 6.07 Å². The average Bonchev–Trinajstić information content (AvgIpc) is 2.37. The molecule has 0 aliphatic heterocycles. The molecule has 2 aromatic rings. The van der Waals surface area contributed by atoms with Crippen molar-refractivity contribution in [3.8, 4) is 0 Å². The maximum atomic E-state index is 6.07. The van der Waals surface area contributed by atoms with Gasteiger partial charge in [-0.3, -0.25) is 0 Å². The van der Waals surface area contributed by atoms with E-state index in [0.29, 0.717) is 15.1 Å². The van der Waals surface area contributed by atoms with Crippen LogP contribution in [0.5, 0.6) is 0 Å². The first kappa shape index (κ1) is 15.1. The van der Waals surface area contributed by atoms with Crippen LogP contribution in [0.25, 0.3) is 0 Å². The Balaban J connectivity index is 2.46. The van der Waals surface area contributed by atoms with Gasteiger partial charge in [0.25, 0.3) is 0 Å². The molecule has 0 aliphatic carbocycles. The maximum absolute atomic E-state index is 6.07. The molecule has 0 radical (unpaired) electrons. The smallest absolute Gasteiger partial charge is 0.0595 e. The molecule has 100 valence electrons. The molecule has 0 heterocycles. The molecule has 1 N–H and O–H groups in total. The second-order valence-electron chi connectivity index (χ2n) is 4.06. The first-order chi connectivity index (χ1) is 9.02. The summed E-state index contributed by atoms with van der Waals surface area (Å²) in [6.45, 7) is 0. The van der Waals surface area contributed by atoms with Crippen LogP contribution < -0.4 is 5.32 Å². The standard InChI is InChI=1S/C14H11BrCl3N/c1-19-14(8-2-5-12(17)13(18)6-8)10-4-3-9(16)7-11(10)15/h2-7,14,19H,1H3. The highest BCUT2D eigenvalue weighted by Crippen LogP contribution is 2.33. The molecule has 0 aliphatic rings. The van der Waals surface area contributed by atoms with Crippen molar-refractivity contribution in [3.05, 3.63) is 67.1 Å². The van der Waals surface area contributed by atoms with Crippen LogP contribution in [-0.4, -0.2) is 7.05 Å². The lowest BCUT2D eigenvalue weighted by Gasteiger charge is -2.19. The molecule has 0 saturated heterocycles. The molecule has 2 rings (SSSR count). The molecular formula is C14H11BrCl3N. The van der Waals surface area contributed by atoms with Gasteiger partial charge in [-0.05, 0) is 42.4 Å². The molecule has 1 unspecified atom stereocenters. The van der Waals surface area contributed by atoms with Crippen LogP contribution in [0.3, 0.4) is 0 Å². The van der Waals surface area contributed by atoms with Gasteiger partial charge in [0, 0.05) is 9.50 Å². The second-order valence-corrected chi connectivity index (χ2v) is 6.17. The Morgan fingerprint density at radius 1 is 1.00 bits per heavy atom. The quantitative estimate of drug-likeness (QED) is 0.719. The fourth-order valence-electron chi connectivity index (χ4n) is 1.93. The predicted molar refractivity (Wildman–Crippen MR) is 86.5 cm³/mol. The Labute approximate surface area is 136 Å². The summed E-state index contributed by atoms with van der Waals surface area (Å²) in [5.41, 5.74) is 2.13. The third-order valence-electron chi connectivity index (χ3n) is 2.84. The number of halogens is 4. The van der Waals surface area contributed by atoms with Gasteiger partial charge < -0.3 is 5.32 Å². The zero-order valence-electron chi connectivity index (χ0n) is 10.1. The summed E-state index contributed by atoms with van der Waals surface area (Å²) in [6, 6.07) is 11.4. The fraction of sp³-hybridized carbons (Fsp3) is 0.143. The van der Waals surface area contributed by atoms with Crippen LogP contribution in [0.4, 0.5) is 0 Å². The lowest BCUT2D eigenvalue weighted by atomic mass is 9.99. The second kappa shape index (κ2) is 6.47. The highest BCUT2D eigenvalue weighted by molar-refractivity contribution is 9.10. The zero-order chi connectivity index (χ0) is 14.0. The van der Waals surface area contributed by atoms with E-state index >= 15 is 0 Å². The van der Waals surface area contributed by atoms with E-state index in [-0.39, 0.29) is 6.04 Å². The van der Waals surface area contributed by atoms with Crippen molar-refractivity contribution < 1.29 is 0 Å². The first-order valence-corrected chi connectivity index (χ1v) is 7.52. The molecule has 5 heteroatoms. The summed E-state index contributed by atoms with van der Waals surface area (Å²) >= 11 is 21.5. The molecule has 1 nitrogen and oxygen atoms in total. The van der Waals surface area contributed by atoms with E-state index in [1.165, 1.54) is 0 Å². The largest absolute Gasteiger partial charge is 0.309 e. The SMILES string of the molecule is CNC(c1ccc(Cl)c(Cl)c1)c1ccc(Cl)cc1Br. The zero-order valence-corrected chi connectivity index (χ0v) is 13.9. The van der Waals surface area contributed by atoms with E-state index in [1.807, 2.05) is 37.4 Å². The summed E-state index contributed by atoms with van der Waals surface area (Å²) in [5.74, 6) is 0. The Kier molecular flexibility index (Phi) is 5.15. The summed E-state index contributed by atoms with van der Waals surface area (Å²) in [5, 5.41) is 5.06. The molecule has 0 amide bonds. The molecule has 0 aromatic heterocycles. The summed E-state index contributed by atoms with van der Waals surface area (Å²) in [6.07, 6.45) is 0. The molecule has 0 saturated carbocycles. The van der Waals surface area contributed by atoms with Crippen molar-refractivity contribution in [1.82, 2.24) is 5.32 Å². The summed E-state index contributed by atoms with van der Waals surface area (Å²) in [4.78, 5) is 0. The van der Waals surface area contributed by atoms with E-state index in [2.05, 4.69) is 21.2 Å². The molecular weight excluding hydrogens is 368 g/mol. The van der Waals surface area contributed by atoms with Crippen molar-refractivity contribution in [3.63, 3.8) is 0 Å². The van der Waals surface area contributed by atoms with Gasteiger partial charge in [-0.25, -0.2) is 0 Å². The molecule has 0 spiro atoms. The minimum absolute atomic E-state index is 0.0152. The Morgan fingerprint density at radius 3 is 2.32 bits per heavy atom. The van der Waals surface area contributed by atoms with Crippen LogP contribution in [0.1, 0.15) is 17.2 Å². The highest BCUT2D eigenvalue weighted by Gasteiger charge is 2.16. The van der Waals surface area contributed by atoms with Crippen molar-refractivity contribution in [1.29, 1.82) is 0 Å². The van der Waals surface area contributed by atoms with Crippen molar-refractivity contribution >= 4 is 50.7 Å². The van der Waals surface area contributed by atoms with Gasteiger partial charge in [-0.2, -0.15) is 0 Å². The van der Waals surface area contributed by atoms with Gasteiger partial charge in [0.05, 0.1) is 16.1 Å². The maximum Gasteiger partial charge on any atom is 0.0595 e. The summed E-state index contributed by atoms with van der Waals surface area (Å²) in [7, 11) is 1.90. The van der Waals surface area contributed by atoms with Crippen LogP contribution in [0.15, 0.2) is 40.9 Å². The van der Waals surface area contributed by atoms with Gasteiger partial charge in [0.1, 0.15) is 0 Å². The number of hydrogen-bond acceptors (Lipinski definition) is 1. The van der Waals surface area contributed by atoms with E-state index in [9.17, 15) is 0 Å². The predicted octanol–water partition coefficient (Wildman–Crippen LogP) is 5.72. The Morgan fingerprint density at radius 2 is 1.74 bits per heavy atom. The average molecular weight is 380 g/mol. The van der Waals surface area contributed by atoms with Crippen molar-refractivity contribution in [2.24, 2.45) is 0 Å². The van der Waals surface area contributed by atoms with Crippen LogP contribution in [0, 0.1) is 0 Å². The normalized spacial score (nSPS) is 12.5. The van der Waals surface area contributed by atoms with E-state index < -0.39 is 0 Å². The molecule has 2 aromatic carbocycles. The van der Waals surface area contributed by atoms with Crippen molar-refractivity contribution in [2.75, 3.05) is 7.05 Å². The third kappa shape index (κ3) is 3.45. The van der Waals surface area contributed by atoms with Gasteiger partial charge in [0.15, 0.2) is 0 Å². The van der Waals surface area contributed by atoms with Crippen LogP contribution >= 0.6 is 50.7 Å². The number of nitrogens with one attached hydrogen (secondary N) is 1.